The van der Waals surface area contributed by atoms with Crippen LogP contribution in [-0.2, 0) is 0 Å². The van der Waals surface area contributed by atoms with Gasteiger partial charge in [-0.1, -0.05) is 0 Å². The molecule has 0 radical (unpaired) electrons. The Balaban J connectivity index is 2.61. The number of rotatable bonds is 2. The number of carbonyl (C=O) groups excluding carboxylic acids is 1. The Kier molecular flexibility index (Phi) is 2.64. The molecule has 102 valence electrons. The third kappa shape index (κ3) is 1.56. The molecule has 0 saturated heterocycles. The molecule has 0 aliphatic heterocycles. The van der Waals surface area contributed by atoms with Crippen molar-refractivity contribution in [1.29, 1.82) is 0 Å². The van der Waals surface area contributed by atoms with Crippen LogP contribution >= 0.6 is 0 Å². The van der Waals surface area contributed by atoms with Gasteiger partial charge in [0, 0.05) is 6.07 Å². The van der Waals surface area contributed by atoms with Crippen LogP contribution in [0.1, 0.15) is 23.0 Å². The van der Waals surface area contributed by atoms with E-state index in [1.165, 1.54) is 20.3 Å². The molecule has 1 aromatic carbocycles. The molecule has 5 heteroatoms. The van der Waals surface area contributed by atoms with Gasteiger partial charge in [0.2, 0.25) is 5.43 Å². The lowest BCUT2D eigenvalue weighted by Crippen LogP contribution is -2.15. The monoisotopic (exact) mass is 272 g/mol. The lowest BCUT2D eigenvalue weighted by atomic mass is 10.1. The number of hydrogen-bond donors (Lipinski definition) is 0. The second-order valence-electron chi connectivity index (χ2n) is 4.53. The van der Waals surface area contributed by atoms with Gasteiger partial charge in [0.1, 0.15) is 33.6 Å². The standard InChI is InChI=1S/C15H12O5/c1-7(16)12-8(2)20-11-6-10-9(4-5-19-10)15(18-3)13(11)14(12)17/h4-6H,1-3H3. The molecule has 0 N–H and O–H groups in total. The van der Waals surface area contributed by atoms with Crippen LogP contribution in [0.3, 0.4) is 0 Å². The molecule has 0 amide bonds. The minimum Gasteiger partial charge on any atom is -0.495 e. The maximum atomic E-state index is 12.5. The Morgan fingerprint density at radius 1 is 1.30 bits per heavy atom. The zero-order valence-electron chi connectivity index (χ0n) is 11.3. The summed E-state index contributed by atoms with van der Waals surface area (Å²) in [6, 6.07) is 3.34. The fourth-order valence-electron chi connectivity index (χ4n) is 2.47. The number of Topliss-reactive ketones (excluding diaryl/α,β-unsaturated/α-hetero) is 1. The summed E-state index contributed by atoms with van der Waals surface area (Å²) in [5, 5.41) is 0.933. The van der Waals surface area contributed by atoms with Crippen LogP contribution in [0.4, 0.5) is 0 Å². The highest BCUT2D eigenvalue weighted by atomic mass is 16.5. The Bertz CT molecular complexity index is 898. The van der Waals surface area contributed by atoms with E-state index in [-0.39, 0.29) is 22.2 Å². The first-order valence-corrected chi connectivity index (χ1v) is 6.07. The summed E-state index contributed by atoms with van der Waals surface area (Å²) >= 11 is 0. The van der Waals surface area contributed by atoms with Crippen molar-refractivity contribution in [3.63, 3.8) is 0 Å². The third-order valence-corrected chi connectivity index (χ3v) is 3.30. The van der Waals surface area contributed by atoms with Gasteiger partial charge in [-0.2, -0.15) is 0 Å². The van der Waals surface area contributed by atoms with Crippen LogP contribution in [-0.4, -0.2) is 12.9 Å². The first-order chi connectivity index (χ1) is 9.54. The van der Waals surface area contributed by atoms with E-state index in [0.29, 0.717) is 28.1 Å². The molecule has 0 unspecified atom stereocenters. The fourth-order valence-corrected chi connectivity index (χ4v) is 2.47. The number of fused-ring (bicyclic) bond motifs is 2. The van der Waals surface area contributed by atoms with Gasteiger partial charge < -0.3 is 13.6 Å². The molecule has 0 aliphatic carbocycles. The number of hydrogen-bond acceptors (Lipinski definition) is 5. The normalized spacial score (nSPS) is 11.2. The molecular formula is C15H12O5. The molecule has 20 heavy (non-hydrogen) atoms. The highest BCUT2D eigenvalue weighted by Gasteiger charge is 2.21. The predicted molar refractivity (Wildman–Crippen MR) is 73.5 cm³/mol. The molecule has 0 spiro atoms. The predicted octanol–water partition coefficient (Wildman–Crippen LogP) is 3.06. The third-order valence-electron chi connectivity index (χ3n) is 3.30. The molecule has 0 bridgehead atoms. The zero-order valence-corrected chi connectivity index (χ0v) is 11.3. The molecule has 2 heterocycles. The summed E-state index contributed by atoms with van der Waals surface area (Å²) in [6.07, 6.45) is 1.51. The van der Waals surface area contributed by atoms with E-state index < -0.39 is 0 Å². The summed E-state index contributed by atoms with van der Waals surface area (Å²) in [6.45, 7) is 2.93. The number of benzene rings is 1. The smallest absolute Gasteiger partial charge is 0.207 e. The van der Waals surface area contributed by atoms with Crippen LogP contribution in [0, 0.1) is 6.92 Å². The van der Waals surface area contributed by atoms with E-state index in [1.807, 2.05) is 0 Å². The average Bonchev–Trinajstić information content (AvgIpc) is 2.83. The second kappa shape index (κ2) is 4.23. The van der Waals surface area contributed by atoms with E-state index in [0.717, 1.165) is 0 Å². The van der Waals surface area contributed by atoms with Crippen molar-refractivity contribution < 1.29 is 18.4 Å². The van der Waals surface area contributed by atoms with Gasteiger partial charge in [-0.15, -0.1) is 0 Å². The van der Waals surface area contributed by atoms with E-state index in [2.05, 4.69) is 0 Å². The minimum absolute atomic E-state index is 0.0543. The molecule has 2 aromatic heterocycles. The quantitative estimate of drug-likeness (QED) is 0.670. The van der Waals surface area contributed by atoms with Crippen molar-refractivity contribution in [3.8, 4) is 5.75 Å². The zero-order chi connectivity index (χ0) is 14.4. The maximum absolute atomic E-state index is 12.5. The Morgan fingerprint density at radius 3 is 2.70 bits per heavy atom. The van der Waals surface area contributed by atoms with Crippen molar-refractivity contribution in [2.45, 2.75) is 13.8 Å². The summed E-state index contributed by atoms with van der Waals surface area (Å²) in [5.41, 5.74) is 0.583. The fraction of sp³-hybridized carbons (Fsp3) is 0.200. The van der Waals surface area contributed by atoms with E-state index in [9.17, 15) is 9.59 Å². The summed E-state index contributed by atoms with van der Waals surface area (Å²) in [5.74, 6) is 0.331. The van der Waals surface area contributed by atoms with Crippen LogP contribution < -0.4 is 10.2 Å². The van der Waals surface area contributed by atoms with Crippen molar-refractivity contribution in [2.75, 3.05) is 7.11 Å². The first-order valence-electron chi connectivity index (χ1n) is 6.07. The number of ketones is 1. The van der Waals surface area contributed by atoms with Crippen LogP contribution in [0.15, 0.2) is 32.0 Å². The number of carbonyl (C=O) groups is 1. The SMILES string of the molecule is COc1c2ccoc2cc2oc(C)c(C(C)=O)c(=O)c12. The van der Waals surface area contributed by atoms with Gasteiger partial charge in [0.25, 0.3) is 0 Å². The van der Waals surface area contributed by atoms with Gasteiger partial charge >= 0.3 is 0 Å². The lowest BCUT2D eigenvalue weighted by molar-refractivity contribution is 0.101. The Labute approximate surface area is 113 Å². The minimum atomic E-state index is -0.379. The molecule has 0 fully saturated rings. The van der Waals surface area contributed by atoms with Gasteiger partial charge in [-0.3, -0.25) is 9.59 Å². The number of aryl methyl sites for hydroxylation is 1. The maximum Gasteiger partial charge on any atom is 0.207 e. The molecular weight excluding hydrogens is 260 g/mol. The van der Waals surface area contributed by atoms with Gasteiger partial charge in [-0.05, 0) is 19.9 Å². The average molecular weight is 272 g/mol. The summed E-state index contributed by atoms with van der Waals surface area (Å²) in [4.78, 5) is 24.2. The number of ether oxygens (including phenoxy) is 1. The molecule has 0 atom stereocenters. The lowest BCUT2D eigenvalue weighted by Gasteiger charge is -2.08. The number of methoxy groups -OCH3 is 1. The second-order valence-corrected chi connectivity index (χ2v) is 4.53. The topological polar surface area (TPSA) is 69.7 Å². The van der Waals surface area contributed by atoms with E-state index in [4.69, 9.17) is 13.6 Å². The van der Waals surface area contributed by atoms with Crippen LogP contribution in [0.25, 0.3) is 21.9 Å². The summed E-state index contributed by atoms with van der Waals surface area (Å²) in [7, 11) is 1.47. The van der Waals surface area contributed by atoms with Gasteiger partial charge in [-0.25, -0.2) is 0 Å². The van der Waals surface area contributed by atoms with E-state index >= 15 is 0 Å². The first kappa shape index (κ1) is 12.5. The molecule has 3 aromatic rings. The largest absolute Gasteiger partial charge is 0.495 e. The van der Waals surface area contributed by atoms with Crippen molar-refractivity contribution in [1.82, 2.24) is 0 Å². The van der Waals surface area contributed by atoms with Gasteiger partial charge in [0.15, 0.2) is 5.78 Å². The van der Waals surface area contributed by atoms with Crippen molar-refractivity contribution in [2.24, 2.45) is 0 Å². The summed E-state index contributed by atoms with van der Waals surface area (Å²) < 4.78 is 16.2. The Hall–Kier alpha value is -2.56. The molecule has 0 aliphatic rings. The Morgan fingerprint density at radius 2 is 2.05 bits per heavy atom. The highest BCUT2D eigenvalue weighted by Crippen LogP contribution is 2.34. The van der Waals surface area contributed by atoms with Crippen LogP contribution in [0.2, 0.25) is 0 Å². The van der Waals surface area contributed by atoms with Crippen LogP contribution in [0.5, 0.6) is 5.75 Å². The van der Waals surface area contributed by atoms with Gasteiger partial charge in [0.05, 0.1) is 18.8 Å². The van der Waals surface area contributed by atoms with E-state index in [1.54, 1.807) is 19.1 Å². The molecule has 0 saturated carbocycles. The molecule has 3 rings (SSSR count). The van der Waals surface area contributed by atoms with Crippen molar-refractivity contribution >= 4 is 27.7 Å². The highest BCUT2D eigenvalue weighted by molar-refractivity contribution is 6.04. The van der Waals surface area contributed by atoms with Crippen molar-refractivity contribution in [3.05, 3.63) is 39.9 Å². The molecule has 5 nitrogen and oxygen atoms in total. The number of furan rings is 1.